The van der Waals surface area contributed by atoms with Gasteiger partial charge < -0.3 is 10.5 Å². The Morgan fingerprint density at radius 3 is 2.62 bits per heavy atom. The smallest absolute Gasteiger partial charge is 0.277 e. The van der Waals surface area contributed by atoms with Crippen LogP contribution in [0.3, 0.4) is 0 Å². The van der Waals surface area contributed by atoms with E-state index in [1.165, 1.54) is 10.6 Å². The number of carbonyl (C=O) groups excluding carboxylic acids is 1. The first-order chi connectivity index (χ1) is 12.3. The first-order valence-electron chi connectivity index (χ1n) is 9.03. The fourth-order valence-electron chi connectivity index (χ4n) is 5.17. The number of ether oxygens (including phenoxy) is 1. The number of nitrogens with zero attached hydrogens (tertiary/aromatic N) is 3. The average Bonchev–Trinajstić information content (AvgIpc) is 3.02. The normalized spacial score (nSPS) is 33.4. The Bertz CT molecular complexity index is 786. The number of aliphatic imine (C=N–C) groups is 1. The zero-order valence-corrected chi connectivity index (χ0v) is 17.0. The summed E-state index contributed by atoms with van der Waals surface area (Å²) in [4.78, 5) is 18.6. The molecule has 0 saturated heterocycles. The van der Waals surface area contributed by atoms with Gasteiger partial charge in [0.2, 0.25) is 5.96 Å². The van der Waals surface area contributed by atoms with Crippen LogP contribution >= 0.6 is 15.9 Å². The summed E-state index contributed by atoms with van der Waals surface area (Å²) in [5.74, 6) is 0.244. The lowest BCUT2D eigenvalue weighted by Gasteiger charge is -2.45. The third-order valence-electron chi connectivity index (χ3n) is 6.38. The number of hydrogen-bond donors (Lipinski definition) is 1. The molecular formula is C19H25BrN4O2. The minimum Gasteiger partial charge on any atom is -0.381 e. The van der Waals surface area contributed by atoms with E-state index in [1.54, 1.807) is 12.1 Å². The van der Waals surface area contributed by atoms with Crippen molar-refractivity contribution in [3.8, 4) is 0 Å². The summed E-state index contributed by atoms with van der Waals surface area (Å²) in [6, 6.07) is 6.22. The second-order valence-corrected chi connectivity index (χ2v) is 8.75. The number of fused-ring (bicyclic) bond motifs is 3. The molecule has 2 N–H and O–H groups in total. The zero-order valence-electron chi connectivity index (χ0n) is 15.5. The molecule has 1 fully saturated rings. The second-order valence-electron chi connectivity index (χ2n) is 7.84. The highest BCUT2D eigenvalue weighted by atomic mass is 79.9. The van der Waals surface area contributed by atoms with Gasteiger partial charge in [0.1, 0.15) is 0 Å². The standard InChI is InChI=1S/C19H25BrN4O2/c1-23(2)24-16(25)19(22-17(24)21)15-10-13(20)5-4-12(15)11-18(19)8-6-14(26-3)7-9-18/h4-5,10,14H,6-9,11H2,1-3H3,(H2,21,22). The Kier molecular flexibility index (Phi) is 4.17. The van der Waals surface area contributed by atoms with E-state index in [1.807, 2.05) is 20.2 Å². The molecule has 4 rings (SSSR count). The van der Waals surface area contributed by atoms with E-state index in [4.69, 9.17) is 15.5 Å². The largest absolute Gasteiger partial charge is 0.381 e. The van der Waals surface area contributed by atoms with Crippen LogP contribution in [0.4, 0.5) is 0 Å². The first-order valence-corrected chi connectivity index (χ1v) is 9.83. The van der Waals surface area contributed by atoms with Crippen LogP contribution in [-0.4, -0.2) is 49.2 Å². The summed E-state index contributed by atoms with van der Waals surface area (Å²) >= 11 is 3.57. The molecule has 0 bridgehead atoms. The van der Waals surface area contributed by atoms with Gasteiger partial charge in [-0.15, -0.1) is 0 Å². The molecule has 7 heteroatoms. The molecule has 1 aliphatic heterocycles. The summed E-state index contributed by atoms with van der Waals surface area (Å²) in [6.07, 6.45) is 4.81. The molecule has 2 spiro atoms. The van der Waals surface area contributed by atoms with Crippen molar-refractivity contribution in [1.29, 1.82) is 0 Å². The summed E-state index contributed by atoms with van der Waals surface area (Å²) in [6.45, 7) is 0. The fraction of sp³-hybridized carbons (Fsp3) is 0.579. The molecule has 2 aliphatic carbocycles. The van der Waals surface area contributed by atoms with Crippen molar-refractivity contribution in [2.75, 3.05) is 21.2 Å². The highest BCUT2D eigenvalue weighted by molar-refractivity contribution is 9.10. The number of nitrogens with two attached hydrogens (primary N) is 1. The molecule has 1 aromatic rings. The second kappa shape index (κ2) is 6.04. The maximum Gasteiger partial charge on any atom is 0.277 e. The van der Waals surface area contributed by atoms with Gasteiger partial charge in [-0.1, -0.05) is 22.0 Å². The van der Waals surface area contributed by atoms with E-state index >= 15 is 0 Å². The fourth-order valence-corrected chi connectivity index (χ4v) is 5.53. The van der Waals surface area contributed by atoms with Crippen molar-refractivity contribution in [2.45, 2.75) is 43.7 Å². The SMILES string of the molecule is COC1CCC2(CC1)Cc1ccc(Br)cc1C21N=C(N)N(N(C)C)C1=O. The van der Waals surface area contributed by atoms with Crippen molar-refractivity contribution in [3.05, 3.63) is 33.8 Å². The number of carbonyl (C=O) groups is 1. The third kappa shape index (κ3) is 2.23. The average molecular weight is 421 g/mol. The number of halogens is 1. The number of rotatable bonds is 2. The molecule has 0 aromatic heterocycles. The lowest BCUT2D eigenvalue weighted by molar-refractivity contribution is -0.146. The first kappa shape index (κ1) is 17.9. The summed E-state index contributed by atoms with van der Waals surface area (Å²) < 4.78 is 6.54. The molecule has 1 heterocycles. The topological polar surface area (TPSA) is 71.2 Å². The van der Waals surface area contributed by atoms with Crippen molar-refractivity contribution >= 4 is 27.8 Å². The summed E-state index contributed by atoms with van der Waals surface area (Å²) in [7, 11) is 5.42. The van der Waals surface area contributed by atoms with Gasteiger partial charge in [0.25, 0.3) is 5.91 Å². The minimum absolute atomic E-state index is 0.0345. The Labute approximate surface area is 162 Å². The highest BCUT2D eigenvalue weighted by Crippen LogP contribution is 2.62. The molecule has 1 saturated carbocycles. The molecule has 3 aliphatic rings. The molecule has 1 amide bonds. The molecule has 0 radical (unpaired) electrons. The highest BCUT2D eigenvalue weighted by Gasteiger charge is 2.67. The van der Waals surface area contributed by atoms with Gasteiger partial charge in [-0.2, -0.15) is 0 Å². The number of benzene rings is 1. The van der Waals surface area contributed by atoms with Gasteiger partial charge in [0, 0.05) is 31.1 Å². The molecule has 26 heavy (non-hydrogen) atoms. The van der Waals surface area contributed by atoms with Crippen LogP contribution in [0.15, 0.2) is 27.7 Å². The molecule has 1 aromatic carbocycles. The van der Waals surface area contributed by atoms with Gasteiger partial charge >= 0.3 is 0 Å². The number of guanidine groups is 1. The number of hydrogen-bond acceptors (Lipinski definition) is 5. The van der Waals surface area contributed by atoms with Crippen molar-refractivity contribution in [2.24, 2.45) is 16.1 Å². The van der Waals surface area contributed by atoms with Crippen molar-refractivity contribution in [1.82, 2.24) is 10.0 Å². The van der Waals surface area contributed by atoms with Crippen LogP contribution in [0.5, 0.6) is 0 Å². The molecule has 1 unspecified atom stereocenters. The van der Waals surface area contributed by atoms with Crippen LogP contribution < -0.4 is 5.73 Å². The van der Waals surface area contributed by atoms with Gasteiger partial charge in [-0.25, -0.2) is 15.0 Å². The van der Waals surface area contributed by atoms with E-state index in [0.717, 1.165) is 42.1 Å². The molecule has 6 nitrogen and oxygen atoms in total. The zero-order chi connectivity index (χ0) is 18.7. The maximum absolute atomic E-state index is 13.7. The number of methoxy groups -OCH3 is 1. The van der Waals surface area contributed by atoms with Gasteiger partial charge in [0.05, 0.1) is 6.10 Å². The Morgan fingerprint density at radius 2 is 2.04 bits per heavy atom. The maximum atomic E-state index is 13.7. The lowest BCUT2D eigenvalue weighted by atomic mass is 9.61. The third-order valence-corrected chi connectivity index (χ3v) is 6.88. The van der Waals surface area contributed by atoms with E-state index in [-0.39, 0.29) is 23.4 Å². The summed E-state index contributed by atoms with van der Waals surface area (Å²) in [5, 5.41) is 3.24. The van der Waals surface area contributed by atoms with Gasteiger partial charge in [-0.05, 0) is 55.4 Å². The molecule has 1 atom stereocenters. The molecule has 140 valence electrons. The van der Waals surface area contributed by atoms with Gasteiger partial charge in [-0.3, -0.25) is 4.79 Å². The van der Waals surface area contributed by atoms with E-state index in [2.05, 4.69) is 28.1 Å². The number of amides is 1. The van der Waals surface area contributed by atoms with Crippen LogP contribution in [-0.2, 0) is 21.5 Å². The van der Waals surface area contributed by atoms with Crippen molar-refractivity contribution in [3.63, 3.8) is 0 Å². The van der Waals surface area contributed by atoms with Crippen LogP contribution in [0.25, 0.3) is 0 Å². The summed E-state index contributed by atoms with van der Waals surface area (Å²) in [5.41, 5.74) is 7.27. The Hall–Kier alpha value is -1.44. The number of hydrazine groups is 1. The Balaban J connectivity index is 1.89. The lowest BCUT2D eigenvalue weighted by Crippen LogP contribution is -2.55. The van der Waals surface area contributed by atoms with Gasteiger partial charge in [0.15, 0.2) is 5.54 Å². The monoisotopic (exact) mass is 420 g/mol. The Morgan fingerprint density at radius 1 is 1.35 bits per heavy atom. The quantitative estimate of drug-likeness (QED) is 0.796. The predicted octanol–water partition coefficient (Wildman–Crippen LogP) is 2.41. The minimum atomic E-state index is -0.931. The van der Waals surface area contributed by atoms with Crippen LogP contribution in [0, 0.1) is 5.41 Å². The van der Waals surface area contributed by atoms with Crippen LogP contribution in [0.1, 0.15) is 36.8 Å². The van der Waals surface area contributed by atoms with E-state index in [0.29, 0.717) is 0 Å². The van der Waals surface area contributed by atoms with E-state index < -0.39 is 5.54 Å². The van der Waals surface area contributed by atoms with Crippen LogP contribution in [0.2, 0.25) is 0 Å². The molecular weight excluding hydrogens is 396 g/mol. The van der Waals surface area contributed by atoms with Crippen molar-refractivity contribution < 1.29 is 9.53 Å². The van der Waals surface area contributed by atoms with E-state index in [9.17, 15) is 4.79 Å². The predicted molar refractivity (Wildman–Crippen MR) is 103 cm³/mol.